The van der Waals surface area contributed by atoms with E-state index in [0.29, 0.717) is 17.4 Å². The third kappa shape index (κ3) is 3.69. The monoisotopic (exact) mass is 239 g/mol. The second-order valence-electron chi connectivity index (χ2n) is 7.23. The molecule has 2 heteroatoms. The Morgan fingerprint density at radius 3 is 2.59 bits per heavy atom. The molecule has 0 saturated heterocycles. The Labute approximate surface area is 106 Å². The normalized spacial score (nSPS) is 41.6. The zero-order valence-corrected chi connectivity index (χ0v) is 11.7. The lowest BCUT2D eigenvalue weighted by atomic mass is 9.70. The highest BCUT2D eigenvalue weighted by atomic mass is 16.3. The van der Waals surface area contributed by atoms with Gasteiger partial charge in [-0.2, -0.15) is 0 Å². The Balaban J connectivity index is 1.73. The van der Waals surface area contributed by atoms with Crippen LogP contribution in [-0.4, -0.2) is 23.8 Å². The average molecular weight is 239 g/mol. The molecule has 0 amide bonds. The summed E-state index contributed by atoms with van der Waals surface area (Å²) in [7, 11) is 0. The zero-order valence-electron chi connectivity index (χ0n) is 11.7. The van der Waals surface area contributed by atoms with Gasteiger partial charge in [-0.15, -0.1) is 0 Å². The fraction of sp³-hybridized carbons (Fsp3) is 1.00. The van der Waals surface area contributed by atoms with E-state index < -0.39 is 0 Å². The molecule has 2 nitrogen and oxygen atoms in total. The quantitative estimate of drug-likeness (QED) is 0.793. The standard InChI is InChI=1S/C15H29NO/c1-11-9-15(2,3)7-6-14(11)16-10-12-4-5-13(17)8-12/h11-14,16-17H,4-10H2,1-3H3. The van der Waals surface area contributed by atoms with Crippen molar-refractivity contribution < 1.29 is 5.11 Å². The summed E-state index contributed by atoms with van der Waals surface area (Å²) in [6.07, 6.45) is 7.23. The molecule has 2 rings (SSSR count). The van der Waals surface area contributed by atoms with Crippen LogP contribution < -0.4 is 5.32 Å². The molecule has 2 fully saturated rings. The maximum Gasteiger partial charge on any atom is 0.0543 e. The van der Waals surface area contributed by atoms with E-state index in [-0.39, 0.29) is 6.10 Å². The van der Waals surface area contributed by atoms with Gasteiger partial charge in [0.25, 0.3) is 0 Å². The van der Waals surface area contributed by atoms with Crippen LogP contribution in [0, 0.1) is 17.3 Å². The molecular weight excluding hydrogens is 210 g/mol. The van der Waals surface area contributed by atoms with Crippen LogP contribution in [0.2, 0.25) is 0 Å². The van der Waals surface area contributed by atoms with Gasteiger partial charge in [-0.3, -0.25) is 0 Å². The molecule has 0 aromatic rings. The van der Waals surface area contributed by atoms with Gasteiger partial charge in [-0.1, -0.05) is 20.8 Å². The summed E-state index contributed by atoms with van der Waals surface area (Å²) >= 11 is 0. The third-order valence-corrected chi connectivity index (χ3v) is 4.88. The van der Waals surface area contributed by atoms with E-state index in [2.05, 4.69) is 26.1 Å². The highest BCUT2D eigenvalue weighted by molar-refractivity contribution is 4.88. The summed E-state index contributed by atoms with van der Waals surface area (Å²) in [6.45, 7) is 8.30. The molecule has 4 atom stereocenters. The van der Waals surface area contributed by atoms with Crippen LogP contribution in [0.5, 0.6) is 0 Å². The van der Waals surface area contributed by atoms with Crippen molar-refractivity contribution >= 4 is 0 Å². The number of rotatable bonds is 3. The van der Waals surface area contributed by atoms with Crippen molar-refractivity contribution in [3.63, 3.8) is 0 Å². The zero-order chi connectivity index (χ0) is 12.5. The predicted molar refractivity (Wildman–Crippen MR) is 71.9 cm³/mol. The molecule has 17 heavy (non-hydrogen) atoms. The van der Waals surface area contributed by atoms with E-state index in [1.54, 1.807) is 0 Å². The Morgan fingerprint density at radius 1 is 1.24 bits per heavy atom. The van der Waals surface area contributed by atoms with Crippen LogP contribution in [-0.2, 0) is 0 Å². The van der Waals surface area contributed by atoms with Crippen molar-refractivity contribution in [1.29, 1.82) is 0 Å². The second-order valence-corrected chi connectivity index (χ2v) is 7.23. The van der Waals surface area contributed by atoms with Crippen LogP contribution in [0.25, 0.3) is 0 Å². The number of nitrogens with one attached hydrogen (secondary N) is 1. The molecule has 2 saturated carbocycles. The molecule has 0 bridgehead atoms. The largest absolute Gasteiger partial charge is 0.393 e. The smallest absolute Gasteiger partial charge is 0.0543 e. The van der Waals surface area contributed by atoms with E-state index in [4.69, 9.17) is 0 Å². The molecule has 2 N–H and O–H groups in total. The topological polar surface area (TPSA) is 32.3 Å². The molecule has 2 aliphatic rings. The first-order valence-electron chi connectivity index (χ1n) is 7.38. The summed E-state index contributed by atoms with van der Waals surface area (Å²) in [5.41, 5.74) is 0.543. The van der Waals surface area contributed by atoms with Gasteiger partial charge in [0.1, 0.15) is 0 Å². The van der Waals surface area contributed by atoms with Gasteiger partial charge in [-0.25, -0.2) is 0 Å². The van der Waals surface area contributed by atoms with Crippen LogP contribution in [0.1, 0.15) is 59.3 Å². The highest BCUT2D eigenvalue weighted by Gasteiger charge is 2.32. The summed E-state index contributed by atoms with van der Waals surface area (Å²) in [6, 6.07) is 0.709. The van der Waals surface area contributed by atoms with E-state index in [0.717, 1.165) is 25.3 Å². The van der Waals surface area contributed by atoms with Gasteiger partial charge in [0.2, 0.25) is 0 Å². The molecule has 0 aliphatic heterocycles. The minimum Gasteiger partial charge on any atom is -0.393 e. The maximum atomic E-state index is 9.53. The van der Waals surface area contributed by atoms with E-state index >= 15 is 0 Å². The summed E-state index contributed by atoms with van der Waals surface area (Å²) < 4.78 is 0. The number of hydrogen-bond donors (Lipinski definition) is 2. The third-order valence-electron chi connectivity index (χ3n) is 4.88. The predicted octanol–water partition coefficient (Wildman–Crippen LogP) is 2.95. The van der Waals surface area contributed by atoms with Crippen molar-refractivity contribution in [2.24, 2.45) is 17.3 Å². The fourth-order valence-electron chi connectivity index (χ4n) is 3.80. The van der Waals surface area contributed by atoms with Gasteiger partial charge in [0.05, 0.1) is 6.10 Å². The summed E-state index contributed by atoms with van der Waals surface area (Å²) in [5.74, 6) is 1.51. The van der Waals surface area contributed by atoms with Gasteiger partial charge >= 0.3 is 0 Å². The Morgan fingerprint density at radius 2 is 2.00 bits per heavy atom. The molecule has 0 spiro atoms. The SMILES string of the molecule is CC1CC(C)(C)CCC1NCC1CCC(O)C1. The first-order chi connectivity index (χ1) is 7.96. The van der Waals surface area contributed by atoms with Gasteiger partial charge in [0, 0.05) is 6.04 Å². The van der Waals surface area contributed by atoms with Crippen molar-refractivity contribution in [3.8, 4) is 0 Å². The van der Waals surface area contributed by atoms with Crippen molar-refractivity contribution in [1.82, 2.24) is 5.32 Å². The van der Waals surface area contributed by atoms with Crippen LogP contribution in [0.4, 0.5) is 0 Å². The van der Waals surface area contributed by atoms with Gasteiger partial charge in [-0.05, 0) is 62.3 Å². The van der Waals surface area contributed by atoms with Crippen molar-refractivity contribution in [2.45, 2.75) is 71.4 Å². The molecule has 0 heterocycles. The van der Waals surface area contributed by atoms with Crippen LogP contribution in [0.15, 0.2) is 0 Å². The minimum atomic E-state index is -0.0236. The number of aliphatic hydroxyl groups excluding tert-OH is 1. The van der Waals surface area contributed by atoms with Crippen molar-refractivity contribution in [3.05, 3.63) is 0 Å². The van der Waals surface area contributed by atoms with E-state index in [9.17, 15) is 5.11 Å². The lowest BCUT2D eigenvalue weighted by Crippen LogP contribution is -2.43. The summed E-state index contributed by atoms with van der Waals surface area (Å²) in [5, 5.41) is 13.3. The molecular formula is C15H29NO. The first kappa shape index (κ1) is 13.4. The lowest BCUT2D eigenvalue weighted by molar-refractivity contribution is 0.144. The van der Waals surface area contributed by atoms with Crippen LogP contribution >= 0.6 is 0 Å². The summed E-state index contributed by atoms with van der Waals surface area (Å²) in [4.78, 5) is 0. The Kier molecular flexibility index (Phi) is 4.14. The molecule has 100 valence electrons. The highest BCUT2D eigenvalue weighted by Crippen LogP contribution is 2.38. The Hall–Kier alpha value is -0.0800. The second kappa shape index (κ2) is 5.27. The van der Waals surface area contributed by atoms with Crippen molar-refractivity contribution in [2.75, 3.05) is 6.54 Å². The van der Waals surface area contributed by atoms with Gasteiger partial charge in [0.15, 0.2) is 0 Å². The fourth-order valence-corrected chi connectivity index (χ4v) is 3.80. The lowest BCUT2D eigenvalue weighted by Gasteiger charge is -2.40. The average Bonchev–Trinajstić information content (AvgIpc) is 2.62. The molecule has 0 radical (unpaired) electrons. The van der Waals surface area contributed by atoms with Crippen LogP contribution in [0.3, 0.4) is 0 Å². The van der Waals surface area contributed by atoms with Gasteiger partial charge < -0.3 is 10.4 Å². The Bertz CT molecular complexity index is 251. The maximum absolute atomic E-state index is 9.53. The van der Waals surface area contributed by atoms with E-state index in [1.165, 1.54) is 25.7 Å². The molecule has 0 aromatic heterocycles. The number of hydrogen-bond acceptors (Lipinski definition) is 2. The molecule has 4 unspecified atom stereocenters. The minimum absolute atomic E-state index is 0.0236. The molecule has 0 aromatic carbocycles. The first-order valence-corrected chi connectivity index (χ1v) is 7.38. The van der Waals surface area contributed by atoms with E-state index in [1.807, 2.05) is 0 Å². The molecule has 2 aliphatic carbocycles. The number of aliphatic hydroxyl groups is 1.